The van der Waals surface area contributed by atoms with Gasteiger partial charge in [-0.25, -0.2) is 0 Å². The molecule has 21 aromatic carbocycles. The first kappa shape index (κ1) is 75.6. The van der Waals surface area contributed by atoms with Crippen LogP contribution < -0.4 is 26.2 Å². The van der Waals surface area contributed by atoms with Crippen molar-refractivity contribution in [3.05, 3.63) is 467 Å². The zero-order chi connectivity index (χ0) is 87.3. The van der Waals surface area contributed by atoms with Gasteiger partial charge in [0.1, 0.15) is 44.7 Å². The van der Waals surface area contributed by atoms with Crippen LogP contribution in [0, 0.1) is 0 Å². The van der Waals surface area contributed by atoms with E-state index < -0.39 is 6.71 Å². The first-order valence-electron chi connectivity index (χ1n) is 45.6. The Labute approximate surface area is 767 Å². The van der Waals surface area contributed by atoms with E-state index in [1.165, 1.54) is 0 Å². The van der Waals surface area contributed by atoms with Gasteiger partial charge in [-0.15, -0.1) is 0 Å². The van der Waals surface area contributed by atoms with Crippen molar-refractivity contribution in [1.82, 2.24) is 0 Å². The summed E-state index contributed by atoms with van der Waals surface area (Å²) >= 11 is 0. The van der Waals surface area contributed by atoms with Crippen molar-refractivity contribution >= 4 is 145 Å². The minimum atomic E-state index is -0.442. The predicted molar refractivity (Wildman–Crippen MR) is 555 cm³/mol. The van der Waals surface area contributed by atoms with E-state index in [-0.39, 0.29) is 0 Å². The summed E-state index contributed by atoms with van der Waals surface area (Å²) in [7, 11) is 0. The number of fused-ring (bicyclic) bond motifs is 16. The molecule has 0 aliphatic carbocycles. The monoisotopic (exact) mass is 1690 g/mol. The standard InChI is InChI=1S/C126H77BN2O4/c1-7-32-78(33-8-1)84-44-27-46-88(66-84)101-68-90(82-40-15-5-16-41-82)70-103(95-52-29-59-117-120(95)98-49-20-24-56-114(98)130-117)124(101)128-109-64-62-86(80-36-11-3-12-37-80)74-107(109)127-108-75-87(81-38-13-4-14-39-81)63-65-110(108)129(112-77-93(76-111(128)123(112)127)92-72-105-94-48-19-23-55-113(94)133-126(105)106(73-92)97-54-31-61-119-122(97)100-51-22-26-58-116(100)132-119)125-102(89-47-28-45-85(67-89)79-34-9-2-10-35-79)69-91(83-42-17-6-18-43-83)71-104(125)96-53-30-60-118-121(96)99-50-21-25-57-115(99)131-118/h1-77H. The SMILES string of the molecule is c1ccc(-c2cccc(-c3cc(-c4ccccc4)cc(-c4cccc5oc6ccccc6c45)c3N3c4ccc(-c5ccccc5)cc4B4c5cc(-c6ccccc6)ccc5N(c5c(-c6cccc(-c7ccccc7)c6)cc(-c6ccccc6)cc5-c5cccc6oc7ccccc7c56)c5cc(-c6cc(-c7cccc8oc9ccccc9c78)c7oc8ccccc8c7c6)cc3c54)c2)cc1. The van der Waals surface area contributed by atoms with Crippen LogP contribution in [-0.4, -0.2) is 6.71 Å². The lowest BCUT2D eigenvalue weighted by molar-refractivity contribution is 0.668. The van der Waals surface area contributed by atoms with E-state index in [0.717, 1.165) is 272 Å². The second-order valence-corrected chi connectivity index (χ2v) is 35.1. The lowest BCUT2D eigenvalue weighted by Crippen LogP contribution is -2.61. The van der Waals surface area contributed by atoms with Crippen LogP contribution >= 0.6 is 0 Å². The fourth-order valence-corrected chi connectivity index (χ4v) is 21.7. The third-order valence-electron chi connectivity index (χ3n) is 27.6. The molecule has 27 rings (SSSR count). The molecule has 4 aromatic heterocycles. The van der Waals surface area contributed by atoms with Crippen molar-refractivity contribution in [2.45, 2.75) is 0 Å². The van der Waals surface area contributed by atoms with Crippen LogP contribution in [0.3, 0.4) is 0 Å². The van der Waals surface area contributed by atoms with Crippen molar-refractivity contribution in [1.29, 1.82) is 0 Å². The summed E-state index contributed by atoms with van der Waals surface area (Å²) in [5, 5.41) is 8.15. The van der Waals surface area contributed by atoms with E-state index in [9.17, 15) is 0 Å². The molecule has 0 N–H and O–H groups in total. The normalized spacial score (nSPS) is 12.3. The van der Waals surface area contributed by atoms with Crippen molar-refractivity contribution < 1.29 is 17.7 Å². The number of benzene rings is 21. The maximum Gasteiger partial charge on any atom is 0.252 e. The Bertz CT molecular complexity index is 8620. The molecule has 25 aromatic rings. The van der Waals surface area contributed by atoms with Crippen LogP contribution in [0.1, 0.15) is 0 Å². The highest BCUT2D eigenvalue weighted by Crippen LogP contribution is 2.59. The van der Waals surface area contributed by atoms with Gasteiger partial charge in [0.05, 0.1) is 11.4 Å². The second-order valence-electron chi connectivity index (χ2n) is 35.1. The number of hydrogen-bond donors (Lipinski definition) is 0. The molecule has 6 heterocycles. The highest BCUT2D eigenvalue weighted by atomic mass is 16.3. The van der Waals surface area contributed by atoms with Gasteiger partial charge in [-0.05, 0) is 237 Å². The molecule has 2 aliphatic heterocycles. The Morgan fingerprint density at radius 1 is 0.158 bits per heavy atom. The predicted octanol–water partition coefficient (Wildman–Crippen LogP) is 33.4. The maximum absolute atomic E-state index is 7.36. The number of nitrogens with zero attached hydrogens (tertiary/aromatic N) is 2. The quantitative estimate of drug-likeness (QED) is 0.101. The van der Waals surface area contributed by atoms with E-state index >= 15 is 0 Å². The van der Waals surface area contributed by atoms with Crippen LogP contribution in [0.15, 0.2) is 485 Å². The van der Waals surface area contributed by atoms with Crippen molar-refractivity contribution in [3.63, 3.8) is 0 Å². The molecule has 0 bridgehead atoms. The zero-order valence-corrected chi connectivity index (χ0v) is 72.1. The molecular weight excluding hydrogens is 1620 g/mol. The molecule has 0 radical (unpaired) electrons. The van der Waals surface area contributed by atoms with Crippen LogP contribution in [-0.2, 0) is 0 Å². The fourth-order valence-electron chi connectivity index (χ4n) is 21.7. The molecule has 7 heteroatoms. The van der Waals surface area contributed by atoms with Crippen molar-refractivity contribution in [2.75, 3.05) is 9.80 Å². The number of rotatable bonds is 14. The number of para-hydroxylation sites is 4. The largest absolute Gasteiger partial charge is 0.456 e. The smallest absolute Gasteiger partial charge is 0.252 e. The van der Waals surface area contributed by atoms with Crippen molar-refractivity contribution in [3.8, 4) is 134 Å². The summed E-state index contributed by atoms with van der Waals surface area (Å²) in [6.45, 7) is -0.442. The van der Waals surface area contributed by atoms with E-state index in [1.54, 1.807) is 0 Å². The minimum absolute atomic E-state index is 0.442. The summed E-state index contributed by atoms with van der Waals surface area (Å²) in [4.78, 5) is 5.41. The van der Waals surface area contributed by atoms with Gasteiger partial charge in [0, 0.05) is 93.7 Å². The highest BCUT2D eigenvalue weighted by molar-refractivity contribution is 7.00. The molecule has 2 aliphatic rings. The summed E-state index contributed by atoms with van der Waals surface area (Å²) in [6, 6.07) is 172. The third kappa shape index (κ3) is 12.3. The molecule has 0 atom stereocenters. The zero-order valence-electron chi connectivity index (χ0n) is 72.1. The van der Waals surface area contributed by atoms with Crippen LogP contribution in [0.4, 0.5) is 34.1 Å². The molecule has 0 amide bonds. The van der Waals surface area contributed by atoms with E-state index in [2.05, 4.69) is 477 Å². The van der Waals surface area contributed by atoms with Gasteiger partial charge in [-0.1, -0.05) is 352 Å². The summed E-state index contributed by atoms with van der Waals surface area (Å²) in [5.41, 5.74) is 41.2. The topological polar surface area (TPSA) is 59.0 Å². The molecule has 6 nitrogen and oxygen atoms in total. The maximum atomic E-state index is 7.36. The summed E-state index contributed by atoms with van der Waals surface area (Å²) in [5.74, 6) is 0. The molecule has 0 fully saturated rings. The summed E-state index contributed by atoms with van der Waals surface area (Å²) in [6.07, 6.45) is 0. The molecule has 0 unspecified atom stereocenters. The van der Waals surface area contributed by atoms with E-state index in [1.807, 2.05) is 0 Å². The van der Waals surface area contributed by atoms with Gasteiger partial charge in [-0.3, -0.25) is 0 Å². The molecule has 0 spiro atoms. The number of anilines is 6. The molecule has 618 valence electrons. The minimum Gasteiger partial charge on any atom is -0.456 e. The Morgan fingerprint density at radius 2 is 0.444 bits per heavy atom. The molecule has 133 heavy (non-hydrogen) atoms. The molecule has 0 saturated carbocycles. The highest BCUT2D eigenvalue weighted by Gasteiger charge is 2.47. The lowest BCUT2D eigenvalue weighted by atomic mass is 9.33. The number of hydrogen-bond acceptors (Lipinski definition) is 6. The van der Waals surface area contributed by atoms with Gasteiger partial charge in [0.2, 0.25) is 0 Å². The average molecular weight is 1690 g/mol. The first-order chi connectivity index (χ1) is 65.9. The Morgan fingerprint density at radius 3 is 0.842 bits per heavy atom. The Kier molecular flexibility index (Phi) is 17.4. The van der Waals surface area contributed by atoms with Crippen LogP contribution in [0.2, 0.25) is 0 Å². The Balaban J connectivity index is 0.862. The second kappa shape index (κ2) is 30.6. The molecular formula is C126H77BN2O4. The fraction of sp³-hybridized carbons (Fsp3) is 0. The van der Waals surface area contributed by atoms with Gasteiger partial charge in [0.25, 0.3) is 6.71 Å². The van der Waals surface area contributed by atoms with E-state index in [0.29, 0.717) is 0 Å². The molecule has 0 saturated heterocycles. The summed E-state index contributed by atoms with van der Waals surface area (Å²) < 4.78 is 28.4. The van der Waals surface area contributed by atoms with Gasteiger partial charge >= 0.3 is 0 Å². The average Bonchev–Trinajstić information content (AvgIpc) is 1.22. The van der Waals surface area contributed by atoms with Gasteiger partial charge < -0.3 is 27.5 Å². The number of furan rings is 4. The van der Waals surface area contributed by atoms with Crippen LogP contribution in [0.25, 0.3) is 221 Å². The van der Waals surface area contributed by atoms with Gasteiger partial charge in [0.15, 0.2) is 0 Å². The lowest BCUT2D eigenvalue weighted by Gasteiger charge is -2.46. The van der Waals surface area contributed by atoms with Crippen molar-refractivity contribution in [2.24, 2.45) is 0 Å². The third-order valence-corrected chi connectivity index (χ3v) is 27.6. The Hall–Kier alpha value is -17.5. The first-order valence-corrected chi connectivity index (χ1v) is 45.6. The van der Waals surface area contributed by atoms with Gasteiger partial charge in [-0.2, -0.15) is 0 Å². The van der Waals surface area contributed by atoms with Crippen LogP contribution in [0.5, 0.6) is 0 Å². The van der Waals surface area contributed by atoms with E-state index in [4.69, 9.17) is 17.7 Å².